The van der Waals surface area contributed by atoms with Crippen molar-refractivity contribution in [2.24, 2.45) is 0 Å². The summed E-state index contributed by atoms with van der Waals surface area (Å²) in [6.07, 6.45) is 3.53. The molecule has 0 aromatic heterocycles. The van der Waals surface area contributed by atoms with Gasteiger partial charge in [-0.2, -0.15) is 0 Å². The van der Waals surface area contributed by atoms with Crippen molar-refractivity contribution in [1.29, 1.82) is 0 Å². The molecular weight excluding hydrogens is 214 g/mol. The predicted molar refractivity (Wildman–Crippen MR) is 60.1 cm³/mol. The number of rotatable bonds is 4. The van der Waals surface area contributed by atoms with E-state index in [0.717, 1.165) is 25.7 Å². The minimum Gasteiger partial charge on any atom is -0.389 e. The average molecular weight is 235 g/mol. The maximum Gasteiger partial charge on any atom is 0.216 e. The largest absolute Gasteiger partial charge is 0.389 e. The Kier molecular flexibility index (Phi) is 3.79. The smallest absolute Gasteiger partial charge is 0.216 e. The van der Waals surface area contributed by atoms with Crippen LogP contribution < -0.4 is 0 Å². The number of likely N-dealkylation sites (N-methyl/N-ethyl adjacent to an activating group) is 1. The Morgan fingerprint density at radius 3 is 2.20 bits per heavy atom. The lowest BCUT2D eigenvalue weighted by Crippen LogP contribution is -2.43. The topological polar surface area (TPSA) is 57.6 Å². The first-order chi connectivity index (χ1) is 6.73. The molecule has 0 atom stereocenters. The Balaban J connectivity index is 2.68. The summed E-state index contributed by atoms with van der Waals surface area (Å²) in [6.45, 7) is 3.40. The Labute approximate surface area is 92.3 Å². The van der Waals surface area contributed by atoms with E-state index in [9.17, 15) is 13.5 Å². The van der Waals surface area contributed by atoms with Crippen LogP contribution in [0.5, 0.6) is 0 Å². The number of nitrogens with zero attached hydrogens (tertiary/aromatic N) is 1. The van der Waals surface area contributed by atoms with Gasteiger partial charge in [-0.15, -0.1) is 0 Å². The molecule has 0 bridgehead atoms. The molecule has 1 rings (SSSR count). The molecule has 0 aliphatic heterocycles. The highest BCUT2D eigenvalue weighted by molar-refractivity contribution is 7.89. The van der Waals surface area contributed by atoms with Crippen LogP contribution in [0.15, 0.2) is 0 Å². The molecule has 1 saturated carbocycles. The predicted octanol–water partition coefficient (Wildman–Crippen LogP) is 0.961. The second-order valence-corrected chi connectivity index (χ2v) is 7.34. The Morgan fingerprint density at radius 2 is 1.80 bits per heavy atom. The van der Waals surface area contributed by atoms with Gasteiger partial charge in [0.05, 0.1) is 10.9 Å². The normalized spacial score (nSPS) is 20.1. The van der Waals surface area contributed by atoms with E-state index in [1.165, 1.54) is 4.31 Å². The van der Waals surface area contributed by atoms with Gasteiger partial charge in [0.25, 0.3) is 0 Å². The van der Waals surface area contributed by atoms with Crippen LogP contribution in [0.3, 0.4) is 0 Å². The van der Waals surface area contributed by atoms with Crippen molar-refractivity contribution in [3.63, 3.8) is 0 Å². The molecule has 0 amide bonds. The van der Waals surface area contributed by atoms with Crippen LogP contribution in [0.2, 0.25) is 0 Å². The average Bonchev–Trinajstić information content (AvgIpc) is 2.52. The Hall–Kier alpha value is -0.130. The molecular formula is C10H21NO3S. The molecule has 0 spiro atoms. The van der Waals surface area contributed by atoms with Crippen LogP contribution in [-0.4, -0.2) is 42.3 Å². The summed E-state index contributed by atoms with van der Waals surface area (Å²) in [6, 6.07) is 0. The molecule has 5 heteroatoms. The highest BCUT2D eigenvalue weighted by Crippen LogP contribution is 2.27. The number of aliphatic hydroxyl groups is 1. The second-order valence-electron chi connectivity index (χ2n) is 5.02. The van der Waals surface area contributed by atoms with Crippen molar-refractivity contribution in [1.82, 2.24) is 4.31 Å². The summed E-state index contributed by atoms with van der Waals surface area (Å²) < 4.78 is 25.3. The number of hydrogen-bond donors (Lipinski definition) is 1. The zero-order valence-electron chi connectivity index (χ0n) is 9.73. The van der Waals surface area contributed by atoms with E-state index in [0.29, 0.717) is 0 Å². The third-order valence-electron chi connectivity index (χ3n) is 2.77. The third-order valence-corrected chi connectivity index (χ3v) is 5.08. The van der Waals surface area contributed by atoms with Crippen LogP contribution in [0.25, 0.3) is 0 Å². The minimum atomic E-state index is -3.20. The van der Waals surface area contributed by atoms with Gasteiger partial charge in [0.1, 0.15) is 0 Å². The number of hydrogen-bond acceptors (Lipinski definition) is 3. The third kappa shape index (κ3) is 3.43. The fraction of sp³-hybridized carbons (Fsp3) is 1.00. The van der Waals surface area contributed by atoms with Gasteiger partial charge >= 0.3 is 0 Å². The van der Waals surface area contributed by atoms with Gasteiger partial charge in [0.15, 0.2) is 0 Å². The lowest BCUT2D eigenvalue weighted by atomic mass is 10.1. The molecule has 1 N–H and O–H groups in total. The van der Waals surface area contributed by atoms with E-state index in [4.69, 9.17) is 0 Å². The fourth-order valence-corrected chi connectivity index (χ4v) is 4.01. The zero-order valence-corrected chi connectivity index (χ0v) is 10.5. The van der Waals surface area contributed by atoms with E-state index < -0.39 is 15.6 Å². The van der Waals surface area contributed by atoms with Gasteiger partial charge in [-0.25, -0.2) is 12.7 Å². The van der Waals surface area contributed by atoms with Crippen LogP contribution >= 0.6 is 0 Å². The van der Waals surface area contributed by atoms with E-state index in [1.54, 1.807) is 20.9 Å². The van der Waals surface area contributed by atoms with Gasteiger partial charge < -0.3 is 5.11 Å². The summed E-state index contributed by atoms with van der Waals surface area (Å²) in [5, 5.41) is 9.36. The molecule has 0 heterocycles. The van der Waals surface area contributed by atoms with E-state index in [2.05, 4.69) is 0 Å². The zero-order chi connectivity index (χ0) is 11.7. The summed E-state index contributed by atoms with van der Waals surface area (Å²) in [7, 11) is -1.65. The molecule has 0 unspecified atom stereocenters. The molecule has 15 heavy (non-hydrogen) atoms. The highest BCUT2D eigenvalue weighted by Gasteiger charge is 2.34. The van der Waals surface area contributed by atoms with Crippen LogP contribution in [0.1, 0.15) is 39.5 Å². The van der Waals surface area contributed by atoms with Crippen molar-refractivity contribution in [3.05, 3.63) is 0 Å². The lowest BCUT2D eigenvalue weighted by molar-refractivity contribution is 0.0638. The van der Waals surface area contributed by atoms with E-state index >= 15 is 0 Å². The fourth-order valence-electron chi connectivity index (χ4n) is 2.08. The Morgan fingerprint density at radius 1 is 1.33 bits per heavy atom. The van der Waals surface area contributed by atoms with Crippen molar-refractivity contribution in [3.8, 4) is 0 Å². The van der Waals surface area contributed by atoms with E-state index in [-0.39, 0.29) is 11.8 Å². The minimum absolute atomic E-state index is 0.159. The molecule has 0 aromatic carbocycles. The summed E-state index contributed by atoms with van der Waals surface area (Å²) >= 11 is 0. The first kappa shape index (κ1) is 12.9. The maximum atomic E-state index is 12.0. The molecule has 1 aliphatic carbocycles. The SMILES string of the molecule is CN(CC(C)(C)O)S(=O)(=O)C1CCCC1. The van der Waals surface area contributed by atoms with Gasteiger partial charge in [-0.1, -0.05) is 12.8 Å². The molecule has 1 aliphatic rings. The van der Waals surface area contributed by atoms with Crippen molar-refractivity contribution >= 4 is 10.0 Å². The highest BCUT2D eigenvalue weighted by atomic mass is 32.2. The molecule has 0 saturated heterocycles. The van der Waals surface area contributed by atoms with Gasteiger partial charge in [-0.3, -0.25) is 0 Å². The molecule has 0 aromatic rings. The number of sulfonamides is 1. The van der Waals surface area contributed by atoms with Gasteiger partial charge in [0, 0.05) is 13.6 Å². The molecule has 1 fully saturated rings. The summed E-state index contributed by atoms with van der Waals surface area (Å²) in [5.74, 6) is 0. The van der Waals surface area contributed by atoms with Crippen molar-refractivity contribution in [2.75, 3.05) is 13.6 Å². The van der Waals surface area contributed by atoms with Crippen LogP contribution in [0, 0.1) is 0 Å². The van der Waals surface area contributed by atoms with Crippen molar-refractivity contribution in [2.45, 2.75) is 50.4 Å². The monoisotopic (exact) mass is 235 g/mol. The lowest BCUT2D eigenvalue weighted by Gasteiger charge is -2.27. The first-order valence-corrected chi connectivity index (χ1v) is 6.91. The summed E-state index contributed by atoms with van der Waals surface area (Å²) in [5.41, 5.74) is -0.972. The standard InChI is InChI=1S/C10H21NO3S/c1-10(2,12)8-11(3)15(13,14)9-6-4-5-7-9/h9,12H,4-8H2,1-3H3. The van der Waals surface area contributed by atoms with Gasteiger partial charge in [0.2, 0.25) is 10.0 Å². The molecule has 90 valence electrons. The Bertz CT molecular complexity index is 299. The second kappa shape index (κ2) is 4.39. The summed E-state index contributed by atoms with van der Waals surface area (Å²) in [4.78, 5) is 0. The van der Waals surface area contributed by atoms with E-state index in [1.807, 2.05) is 0 Å². The van der Waals surface area contributed by atoms with Gasteiger partial charge in [-0.05, 0) is 26.7 Å². The maximum absolute atomic E-state index is 12.0. The molecule has 4 nitrogen and oxygen atoms in total. The molecule has 0 radical (unpaired) electrons. The van der Waals surface area contributed by atoms with Crippen LogP contribution in [-0.2, 0) is 10.0 Å². The van der Waals surface area contributed by atoms with Crippen molar-refractivity contribution < 1.29 is 13.5 Å². The first-order valence-electron chi connectivity index (χ1n) is 5.41. The quantitative estimate of drug-likeness (QED) is 0.789. The van der Waals surface area contributed by atoms with Crippen LogP contribution in [0.4, 0.5) is 0 Å².